The summed E-state index contributed by atoms with van der Waals surface area (Å²) in [5.41, 5.74) is 0. The fraction of sp³-hybridized carbons (Fsp3) is 0.722. The van der Waals surface area contributed by atoms with Crippen molar-refractivity contribution >= 4 is 11.7 Å². The van der Waals surface area contributed by atoms with Crippen molar-refractivity contribution in [3.05, 3.63) is 12.4 Å². The molecule has 24 heavy (non-hydrogen) atoms. The predicted molar refractivity (Wildman–Crippen MR) is 91.0 cm³/mol. The Balaban J connectivity index is 1.42. The van der Waals surface area contributed by atoms with Crippen LogP contribution in [0.15, 0.2) is 12.4 Å². The molecule has 2 heterocycles. The third-order valence-corrected chi connectivity index (χ3v) is 5.67. The molecule has 0 aromatic carbocycles. The van der Waals surface area contributed by atoms with Gasteiger partial charge in [-0.3, -0.25) is 4.79 Å². The summed E-state index contributed by atoms with van der Waals surface area (Å²) in [7, 11) is 1.64. The minimum Gasteiger partial charge on any atom is -0.481 e. The molecule has 1 aromatic heterocycles. The number of anilines is 1. The number of amides is 1. The smallest absolute Gasteiger partial charge is 0.225 e. The van der Waals surface area contributed by atoms with Gasteiger partial charge in [-0.1, -0.05) is 6.42 Å². The zero-order valence-electron chi connectivity index (χ0n) is 14.4. The Bertz CT molecular complexity index is 592. The van der Waals surface area contributed by atoms with Crippen molar-refractivity contribution in [3.8, 4) is 5.88 Å². The zero-order chi connectivity index (χ0) is 16.5. The van der Waals surface area contributed by atoms with E-state index in [4.69, 9.17) is 4.74 Å². The van der Waals surface area contributed by atoms with Gasteiger partial charge in [0.2, 0.25) is 11.8 Å². The molecule has 0 atom stereocenters. The number of carbonyl (C=O) groups is 1. The molecule has 0 spiro atoms. The number of carbonyl (C=O) groups excluding carboxylic acids is 1. The lowest BCUT2D eigenvalue weighted by molar-refractivity contribution is -0.139. The normalized spacial score (nSPS) is 22.1. The van der Waals surface area contributed by atoms with E-state index in [1.807, 2.05) is 6.07 Å². The lowest BCUT2D eigenvalue weighted by Crippen LogP contribution is -2.50. The van der Waals surface area contributed by atoms with Crippen molar-refractivity contribution in [2.24, 2.45) is 5.92 Å². The Hall–Kier alpha value is -1.85. The van der Waals surface area contributed by atoms with E-state index in [-0.39, 0.29) is 0 Å². The summed E-state index contributed by atoms with van der Waals surface area (Å²) in [6.07, 6.45) is 9.50. The highest BCUT2D eigenvalue weighted by Crippen LogP contribution is 2.36. The summed E-state index contributed by atoms with van der Waals surface area (Å²) in [5, 5.41) is 0. The van der Waals surface area contributed by atoms with Crippen LogP contribution >= 0.6 is 0 Å². The van der Waals surface area contributed by atoms with Crippen LogP contribution in [0.1, 0.15) is 44.9 Å². The second-order valence-corrected chi connectivity index (χ2v) is 7.24. The summed E-state index contributed by atoms with van der Waals surface area (Å²) in [5.74, 6) is 2.28. The van der Waals surface area contributed by atoms with Gasteiger partial charge in [0.25, 0.3) is 0 Å². The molecule has 1 aliphatic heterocycles. The average Bonchev–Trinajstić information content (AvgIpc) is 3.39. The largest absolute Gasteiger partial charge is 0.481 e. The van der Waals surface area contributed by atoms with E-state index in [0.29, 0.717) is 29.8 Å². The van der Waals surface area contributed by atoms with Crippen LogP contribution in [0.5, 0.6) is 5.88 Å². The number of hydrogen-bond acceptors (Lipinski definition) is 5. The van der Waals surface area contributed by atoms with Crippen LogP contribution < -0.4 is 9.64 Å². The summed E-state index contributed by atoms with van der Waals surface area (Å²) < 4.78 is 5.26. The topological polar surface area (TPSA) is 58.6 Å². The number of rotatable bonds is 5. The van der Waals surface area contributed by atoms with Gasteiger partial charge in [-0.2, -0.15) is 0 Å². The van der Waals surface area contributed by atoms with Crippen LogP contribution in [0, 0.1) is 5.92 Å². The number of hydrogen-bond donors (Lipinski definition) is 0. The molecule has 0 radical (unpaired) electrons. The van der Waals surface area contributed by atoms with E-state index in [9.17, 15) is 4.79 Å². The maximum absolute atomic E-state index is 12.4. The number of likely N-dealkylation sites (tertiary alicyclic amines) is 1. The first kappa shape index (κ1) is 15.7. The van der Waals surface area contributed by atoms with Crippen LogP contribution in [0.4, 0.5) is 5.82 Å². The Morgan fingerprint density at radius 3 is 2.42 bits per heavy atom. The summed E-state index contributed by atoms with van der Waals surface area (Å²) in [6.45, 7) is 1.76. The summed E-state index contributed by atoms with van der Waals surface area (Å²) in [4.78, 5) is 25.6. The van der Waals surface area contributed by atoms with E-state index in [0.717, 1.165) is 44.6 Å². The minimum absolute atomic E-state index is 0.312. The van der Waals surface area contributed by atoms with Crippen LogP contribution in [-0.4, -0.2) is 53.1 Å². The van der Waals surface area contributed by atoms with Gasteiger partial charge in [0.15, 0.2) is 0 Å². The quantitative estimate of drug-likeness (QED) is 0.829. The lowest BCUT2D eigenvalue weighted by atomic mass is 9.84. The highest BCUT2D eigenvalue weighted by Gasteiger charge is 2.38. The van der Waals surface area contributed by atoms with Gasteiger partial charge in [0.1, 0.15) is 12.1 Å². The molecule has 6 heteroatoms. The molecule has 4 rings (SSSR count). The highest BCUT2D eigenvalue weighted by atomic mass is 16.5. The lowest BCUT2D eigenvalue weighted by Gasteiger charge is -2.41. The molecule has 1 aromatic rings. The van der Waals surface area contributed by atoms with Gasteiger partial charge in [-0.25, -0.2) is 9.97 Å². The minimum atomic E-state index is 0.312. The zero-order valence-corrected chi connectivity index (χ0v) is 14.4. The van der Waals surface area contributed by atoms with Gasteiger partial charge in [-0.15, -0.1) is 0 Å². The number of aromatic nitrogens is 2. The SMILES string of the molecule is COc1cc(N(C2CC2)C2CCN(C(=O)C3CCC3)CC2)ncn1. The monoisotopic (exact) mass is 330 g/mol. The van der Waals surface area contributed by atoms with E-state index < -0.39 is 0 Å². The van der Waals surface area contributed by atoms with Crippen molar-refractivity contribution in [1.82, 2.24) is 14.9 Å². The first-order valence-corrected chi connectivity index (χ1v) is 9.19. The predicted octanol–water partition coefficient (Wildman–Crippen LogP) is 2.25. The van der Waals surface area contributed by atoms with Crippen molar-refractivity contribution in [2.45, 2.75) is 57.0 Å². The fourth-order valence-corrected chi connectivity index (χ4v) is 3.89. The third kappa shape index (κ3) is 3.06. The van der Waals surface area contributed by atoms with Gasteiger partial charge in [-0.05, 0) is 38.5 Å². The molecule has 0 unspecified atom stereocenters. The molecule has 1 amide bonds. The molecule has 130 valence electrons. The molecule has 0 bridgehead atoms. The van der Waals surface area contributed by atoms with Crippen LogP contribution in [0.2, 0.25) is 0 Å². The highest BCUT2D eigenvalue weighted by molar-refractivity contribution is 5.79. The maximum atomic E-state index is 12.4. The summed E-state index contributed by atoms with van der Waals surface area (Å²) >= 11 is 0. The third-order valence-electron chi connectivity index (χ3n) is 5.67. The van der Waals surface area contributed by atoms with Crippen LogP contribution in [-0.2, 0) is 4.79 Å². The first-order valence-electron chi connectivity index (χ1n) is 9.19. The van der Waals surface area contributed by atoms with Gasteiger partial charge in [0.05, 0.1) is 7.11 Å². The van der Waals surface area contributed by atoms with Crippen molar-refractivity contribution in [3.63, 3.8) is 0 Å². The Morgan fingerprint density at radius 2 is 1.83 bits per heavy atom. The maximum Gasteiger partial charge on any atom is 0.225 e. The fourth-order valence-electron chi connectivity index (χ4n) is 3.89. The van der Waals surface area contributed by atoms with Crippen molar-refractivity contribution in [2.75, 3.05) is 25.1 Å². The molecule has 2 aliphatic carbocycles. The van der Waals surface area contributed by atoms with E-state index in [1.165, 1.54) is 19.3 Å². The first-order chi connectivity index (χ1) is 11.8. The second kappa shape index (κ2) is 6.57. The van der Waals surface area contributed by atoms with E-state index >= 15 is 0 Å². The summed E-state index contributed by atoms with van der Waals surface area (Å²) in [6, 6.07) is 2.98. The van der Waals surface area contributed by atoms with Crippen molar-refractivity contribution < 1.29 is 9.53 Å². The van der Waals surface area contributed by atoms with E-state index in [2.05, 4.69) is 19.8 Å². The van der Waals surface area contributed by atoms with Gasteiger partial charge in [0, 0.05) is 37.2 Å². The van der Waals surface area contributed by atoms with Gasteiger partial charge >= 0.3 is 0 Å². The molecule has 6 nitrogen and oxygen atoms in total. The number of piperidine rings is 1. The Kier molecular flexibility index (Phi) is 4.29. The number of nitrogens with zero attached hydrogens (tertiary/aromatic N) is 4. The standard InChI is InChI=1S/C18H26N4O2/c1-24-17-11-16(19-12-20-17)22(14-5-6-14)15-7-9-21(10-8-15)18(23)13-3-2-4-13/h11-15H,2-10H2,1H3. The van der Waals surface area contributed by atoms with Crippen molar-refractivity contribution in [1.29, 1.82) is 0 Å². The molecular formula is C18H26N4O2. The molecule has 3 fully saturated rings. The average molecular weight is 330 g/mol. The molecule has 1 saturated heterocycles. The van der Waals surface area contributed by atoms with Crippen LogP contribution in [0.3, 0.4) is 0 Å². The Labute approximate surface area is 143 Å². The number of methoxy groups -OCH3 is 1. The molecule has 2 saturated carbocycles. The molecule has 3 aliphatic rings. The molecule has 0 N–H and O–H groups in total. The Morgan fingerprint density at radius 1 is 1.12 bits per heavy atom. The van der Waals surface area contributed by atoms with E-state index in [1.54, 1.807) is 13.4 Å². The van der Waals surface area contributed by atoms with Crippen LogP contribution in [0.25, 0.3) is 0 Å². The number of ether oxygens (including phenoxy) is 1. The van der Waals surface area contributed by atoms with Gasteiger partial charge < -0.3 is 14.5 Å². The molecular weight excluding hydrogens is 304 g/mol. The second-order valence-electron chi connectivity index (χ2n) is 7.24.